The van der Waals surface area contributed by atoms with Crippen LogP contribution in [0.25, 0.3) is 0 Å². The summed E-state index contributed by atoms with van der Waals surface area (Å²) in [7, 11) is 0. The second kappa shape index (κ2) is 7.96. The van der Waals surface area contributed by atoms with E-state index in [-0.39, 0.29) is 30.2 Å². The van der Waals surface area contributed by atoms with Gasteiger partial charge >= 0.3 is 0 Å². The lowest BCUT2D eigenvalue weighted by Gasteiger charge is -2.19. The van der Waals surface area contributed by atoms with Crippen LogP contribution in [-0.4, -0.2) is 36.5 Å². The Labute approximate surface area is 163 Å². The average molecular weight is 384 g/mol. The summed E-state index contributed by atoms with van der Waals surface area (Å²) in [6, 6.07) is 9.14. The summed E-state index contributed by atoms with van der Waals surface area (Å²) in [6.45, 7) is 3.98. The molecule has 2 unspecified atom stereocenters. The summed E-state index contributed by atoms with van der Waals surface area (Å²) in [5.41, 5.74) is 0.939. The van der Waals surface area contributed by atoms with Crippen LogP contribution >= 0.6 is 0 Å². The number of carbonyl (C=O) groups excluding carboxylic acids is 2. The highest BCUT2D eigenvalue weighted by Crippen LogP contribution is 2.32. The minimum Gasteiger partial charge on any atom is -0.490 e. The highest BCUT2D eigenvalue weighted by atomic mass is 16.5. The van der Waals surface area contributed by atoms with E-state index < -0.39 is 0 Å². The molecule has 1 aromatic carbocycles. The van der Waals surface area contributed by atoms with Crippen LogP contribution in [0.2, 0.25) is 0 Å². The van der Waals surface area contributed by atoms with Gasteiger partial charge in [-0.05, 0) is 36.8 Å². The Morgan fingerprint density at radius 3 is 2.86 bits per heavy atom. The molecular weight excluding hydrogens is 360 g/mol. The first-order valence-electron chi connectivity index (χ1n) is 9.60. The van der Waals surface area contributed by atoms with Crippen molar-refractivity contribution in [1.82, 2.24) is 10.2 Å². The van der Waals surface area contributed by atoms with Crippen LogP contribution in [0.15, 0.2) is 41.0 Å². The summed E-state index contributed by atoms with van der Waals surface area (Å²) < 4.78 is 16.7. The predicted molar refractivity (Wildman–Crippen MR) is 101 cm³/mol. The predicted octanol–water partition coefficient (Wildman–Crippen LogP) is 2.67. The van der Waals surface area contributed by atoms with Gasteiger partial charge in [0.1, 0.15) is 5.76 Å². The van der Waals surface area contributed by atoms with Crippen LogP contribution in [0.3, 0.4) is 0 Å². The van der Waals surface area contributed by atoms with E-state index >= 15 is 0 Å². The number of nitrogens with one attached hydrogen (secondary N) is 1. The molecule has 0 radical (unpaired) electrons. The van der Waals surface area contributed by atoms with Crippen LogP contribution in [-0.2, 0) is 16.1 Å². The monoisotopic (exact) mass is 384 g/mol. The quantitative estimate of drug-likeness (QED) is 0.857. The maximum Gasteiger partial charge on any atom is 0.225 e. The fourth-order valence-electron chi connectivity index (χ4n) is 3.56. The van der Waals surface area contributed by atoms with Gasteiger partial charge in [-0.15, -0.1) is 0 Å². The SMILES string of the molecule is CC(NC(=O)C1CC(=O)N(Cc2ccco2)C1)c1ccc2c(c1)OCCCO2. The van der Waals surface area contributed by atoms with Crippen molar-refractivity contribution in [2.24, 2.45) is 5.92 Å². The zero-order chi connectivity index (χ0) is 19.5. The van der Waals surface area contributed by atoms with Gasteiger partial charge in [-0.2, -0.15) is 0 Å². The largest absolute Gasteiger partial charge is 0.490 e. The number of hydrogen-bond donors (Lipinski definition) is 1. The zero-order valence-corrected chi connectivity index (χ0v) is 15.8. The Balaban J connectivity index is 1.37. The minimum absolute atomic E-state index is 0.0280. The first kappa shape index (κ1) is 18.4. The van der Waals surface area contributed by atoms with Gasteiger partial charge in [0.05, 0.1) is 38.0 Å². The van der Waals surface area contributed by atoms with Crippen molar-refractivity contribution in [3.05, 3.63) is 47.9 Å². The van der Waals surface area contributed by atoms with Gasteiger partial charge in [0.25, 0.3) is 0 Å². The number of ether oxygens (including phenoxy) is 2. The Hall–Kier alpha value is -2.96. The molecule has 1 N–H and O–H groups in total. The normalized spacial score (nSPS) is 20.0. The first-order valence-corrected chi connectivity index (χ1v) is 9.60. The van der Waals surface area contributed by atoms with Gasteiger partial charge in [-0.3, -0.25) is 9.59 Å². The fraction of sp³-hybridized carbons (Fsp3) is 0.429. The molecular formula is C21H24N2O5. The zero-order valence-electron chi connectivity index (χ0n) is 15.8. The number of furan rings is 1. The molecule has 2 aliphatic rings. The van der Waals surface area contributed by atoms with Crippen molar-refractivity contribution in [3.8, 4) is 11.5 Å². The molecule has 0 spiro atoms. The number of nitrogens with zero attached hydrogens (tertiary/aromatic N) is 1. The van der Waals surface area contributed by atoms with E-state index in [0.29, 0.717) is 32.1 Å². The minimum atomic E-state index is -0.356. The van der Waals surface area contributed by atoms with Gasteiger partial charge in [0.15, 0.2) is 11.5 Å². The van der Waals surface area contributed by atoms with E-state index in [1.807, 2.05) is 31.2 Å². The van der Waals surface area contributed by atoms with Gasteiger partial charge in [-0.1, -0.05) is 6.07 Å². The smallest absolute Gasteiger partial charge is 0.225 e. The first-order chi connectivity index (χ1) is 13.6. The molecule has 1 aromatic heterocycles. The topological polar surface area (TPSA) is 81.0 Å². The molecule has 3 heterocycles. The molecule has 0 bridgehead atoms. The molecule has 7 nitrogen and oxygen atoms in total. The number of fused-ring (bicyclic) bond motifs is 1. The molecule has 1 saturated heterocycles. The summed E-state index contributed by atoms with van der Waals surface area (Å²) in [5.74, 6) is 1.65. The molecule has 2 atom stereocenters. The lowest BCUT2D eigenvalue weighted by atomic mass is 10.0. The lowest BCUT2D eigenvalue weighted by Crippen LogP contribution is -2.34. The maximum atomic E-state index is 12.7. The van der Waals surface area contributed by atoms with E-state index in [4.69, 9.17) is 13.9 Å². The summed E-state index contributed by atoms with van der Waals surface area (Å²) >= 11 is 0. The highest BCUT2D eigenvalue weighted by Gasteiger charge is 2.35. The second-order valence-electron chi connectivity index (χ2n) is 7.24. The number of likely N-dealkylation sites (tertiary alicyclic amines) is 1. The Morgan fingerprint density at radius 2 is 2.07 bits per heavy atom. The van der Waals surface area contributed by atoms with E-state index in [0.717, 1.165) is 23.5 Å². The van der Waals surface area contributed by atoms with Crippen molar-refractivity contribution in [3.63, 3.8) is 0 Å². The molecule has 1 fully saturated rings. The van der Waals surface area contributed by atoms with E-state index in [1.165, 1.54) is 0 Å². The number of hydrogen-bond acceptors (Lipinski definition) is 5. The number of benzene rings is 1. The number of amides is 2. The van der Waals surface area contributed by atoms with Gasteiger partial charge in [-0.25, -0.2) is 0 Å². The van der Waals surface area contributed by atoms with Crippen molar-refractivity contribution in [1.29, 1.82) is 0 Å². The maximum absolute atomic E-state index is 12.7. The third-order valence-corrected chi connectivity index (χ3v) is 5.14. The molecule has 7 heteroatoms. The van der Waals surface area contributed by atoms with Gasteiger partial charge in [0, 0.05) is 19.4 Å². The number of carbonyl (C=O) groups is 2. The second-order valence-corrected chi connectivity index (χ2v) is 7.24. The molecule has 2 aromatic rings. The lowest BCUT2D eigenvalue weighted by molar-refractivity contribution is -0.129. The Bertz CT molecular complexity index is 848. The highest BCUT2D eigenvalue weighted by molar-refractivity contribution is 5.89. The number of rotatable bonds is 5. The van der Waals surface area contributed by atoms with Crippen molar-refractivity contribution < 1.29 is 23.5 Å². The van der Waals surface area contributed by atoms with E-state index in [1.54, 1.807) is 17.2 Å². The van der Waals surface area contributed by atoms with Gasteiger partial charge < -0.3 is 24.1 Å². The van der Waals surface area contributed by atoms with Crippen molar-refractivity contribution in [2.75, 3.05) is 19.8 Å². The molecule has 4 rings (SSSR count). The van der Waals surface area contributed by atoms with E-state index in [2.05, 4.69) is 5.32 Å². The third kappa shape index (κ3) is 3.98. The summed E-state index contributed by atoms with van der Waals surface area (Å²) in [4.78, 5) is 26.6. The summed E-state index contributed by atoms with van der Waals surface area (Å²) in [6.07, 6.45) is 2.65. The van der Waals surface area contributed by atoms with Crippen LogP contribution in [0.4, 0.5) is 0 Å². The molecule has 2 aliphatic heterocycles. The molecule has 148 valence electrons. The third-order valence-electron chi connectivity index (χ3n) is 5.14. The Morgan fingerprint density at radius 1 is 1.25 bits per heavy atom. The van der Waals surface area contributed by atoms with Crippen LogP contribution in [0, 0.1) is 5.92 Å². The Kier molecular flexibility index (Phi) is 5.23. The van der Waals surface area contributed by atoms with Crippen LogP contribution < -0.4 is 14.8 Å². The molecule has 0 aliphatic carbocycles. The standard InChI is InChI=1S/C21H24N2O5/c1-14(15-5-6-18-19(10-15)28-9-3-8-27-18)22-21(25)16-11-20(24)23(12-16)13-17-4-2-7-26-17/h2,4-7,10,14,16H,3,8-9,11-13H2,1H3,(H,22,25). The summed E-state index contributed by atoms with van der Waals surface area (Å²) in [5, 5.41) is 3.02. The van der Waals surface area contributed by atoms with Crippen molar-refractivity contribution >= 4 is 11.8 Å². The van der Waals surface area contributed by atoms with Crippen molar-refractivity contribution in [2.45, 2.75) is 32.4 Å². The molecule has 28 heavy (non-hydrogen) atoms. The van der Waals surface area contributed by atoms with Gasteiger partial charge in [0.2, 0.25) is 11.8 Å². The van der Waals surface area contributed by atoms with Crippen LogP contribution in [0.5, 0.6) is 11.5 Å². The molecule has 2 amide bonds. The van der Waals surface area contributed by atoms with Crippen LogP contribution in [0.1, 0.15) is 37.1 Å². The average Bonchev–Trinajstić information content (AvgIpc) is 3.25. The molecule has 0 saturated carbocycles. The fourth-order valence-corrected chi connectivity index (χ4v) is 3.56. The van der Waals surface area contributed by atoms with E-state index in [9.17, 15) is 9.59 Å².